The van der Waals surface area contributed by atoms with E-state index in [1.807, 2.05) is 0 Å². The molecule has 0 saturated carbocycles. The molecule has 5 aromatic rings. The van der Waals surface area contributed by atoms with Gasteiger partial charge in [0.2, 0.25) is 0 Å². The van der Waals surface area contributed by atoms with Gasteiger partial charge in [0.25, 0.3) is 0 Å². The highest BCUT2D eigenvalue weighted by atomic mass is 28.3. The number of allylic oxidation sites excluding steroid dienone is 12. The summed E-state index contributed by atoms with van der Waals surface area (Å²) in [7, 11) is -3.97. The maximum absolute atomic E-state index is 6.47. The number of aromatic nitrogens is 4. The third-order valence-electron chi connectivity index (χ3n) is 21.6. The van der Waals surface area contributed by atoms with Gasteiger partial charge in [0, 0.05) is 58.5 Å². The number of H-pyrrole nitrogens is 2. The Hall–Kier alpha value is -6.45. The quantitative estimate of drug-likeness (QED) is 0.105. The van der Waals surface area contributed by atoms with E-state index >= 15 is 0 Å². The Kier molecular flexibility index (Phi) is 12.9. The minimum absolute atomic E-state index is 0.103. The molecule has 14 aliphatic rings. The van der Waals surface area contributed by atoms with E-state index in [1.165, 1.54) is 111 Å². The molecule has 0 radical (unpaired) electrons. The van der Waals surface area contributed by atoms with Gasteiger partial charge < -0.3 is 9.97 Å². The molecule has 450 valence electrons. The van der Waals surface area contributed by atoms with Gasteiger partial charge >= 0.3 is 0 Å². The zero-order valence-corrected chi connectivity index (χ0v) is 58.3. The Bertz CT molecular complexity index is 4130. The van der Waals surface area contributed by atoms with Crippen LogP contribution in [0.25, 0.3) is 66.6 Å². The smallest absolute Gasteiger partial charge is 0.129 e. The minimum atomic E-state index is -1.99. The summed E-state index contributed by atoms with van der Waals surface area (Å²) in [6.45, 7) is 43.2. The molecule has 2 aromatic carbocycles. The van der Waals surface area contributed by atoms with Gasteiger partial charge in [-0.05, 0) is 151 Å². The molecule has 0 amide bonds. The van der Waals surface area contributed by atoms with Crippen LogP contribution < -0.4 is 0 Å². The van der Waals surface area contributed by atoms with Gasteiger partial charge in [-0.25, -0.2) is 9.97 Å². The Morgan fingerprint density at radius 1 is 0.341 bits per heavy atom. The van der Waals surface area contributed by atoms with Crippen LogP contribution in [0.15, 0.2) is 85.0 Å². The molecule has 6 heteroatoms. The number of nitrogens with zero attached hydrogens (tertiary/aromatic N) is 2. The molecular weight excluding hydrogens is 1100 g/mol. The van der Waals surface area contributed by atoms with Crippen molar-refractivity contribution in [1.82, 2.24) is 19.9 Å². The zero-order valence-electron chi connectivity index (χ0n) is 56.3. The van der Waals surface area contributed by atoms with Crippen LogP contribution in [0, 0.1) is 46.6 Å². The molecule has 88 heavy (non-hydrogen) atoms. The molecule has 0 saturated heterocycles. The fraction of sp³-hybridized carbons (Fsp3) is 0.463. The number of nitrogens with one attached hydrogen (secondary N) is 2. The standard InChI is InChI=1S/C82H94N4Si2/c1-79(2,3)55-39-53(40-56(43-55)80(4,5)6)69-75-65-49-27-19-45(20-28-49)61(65)71(83-75)59(35-37-87(13,14)15)73-63-47-23-31-51(32-24-47)67(63)77(85-73)70(54-41-57(81(7,8)9)44-58(42-54)82(10,11)12)78-68-52-33-25-48(26-34-52)64(68)74(86-78)60(36-38-88(16,17)18)72-62-46-21-29-50(30-22-46)66(62)76(69)84-72/h19,21,23,25,27,29,31,33,39-52,83,85H,20,22,24,26,28,30,32,34H2,1-18H3. The van der Waals surface area contributed by atoms with Crippen molar-refractivity contribution in [3.63, 3.8) is 0 Å². The fourth-order valence-corrected chi connectivity index (χ4v) is 17.9. The number of hydrogen-bond acceptors (Lipinski definition) is 2. The Morgan fingerprint density at radius 2 is 0.602 bits per heavy atom. The molecule has 8 unspecified atom stereocenters. The van der Waals surface area contributed by atoms with Gasteiger partial charge in [-0.15, -0.1) is 11.1 Å². The average molecular weight is 1190 g/mol. The lowest BCUT2D eigenvalue weighted by atomic mass is 9.68. The summed E-state index contributed by atoms with van der Waals surface area (Å²) in [5.74, 6) is 10.3. The van der Waals surface area contributed by atoms with Gasteiger partial charge in [0.05, 0.1) is 56.0 Å². The largest absolute Gasteiger partial charge is 0.353 e. The molecule has 12 aliphatic carbocycles. The lowest BCUT2D eigenvalue weighted by Gasteiger charge is -2.34. The highest BCUT2D eigenvalue weighted by molar-refractivity contribution is 6.84. The molecule has 8 atom stereocenters. The maximum atomic E-state index is 6.47. The van der Waals surface area contributed by atoms with E-state index in [4.69, 9.17) is 9.97 Å². The zero-order chi connectivity index (χ0) is 61.8. The van der Waals surface area contributed by atoms with E-state index in [2.05, 4.69) is 240 Å². The summed E-state index contributed by atoms with van der Waals surface area (Å²) in [5.41, 5.74) is 41.0. The van der Waals surface area contributed by atoms with Crippen LogP contribution in [-0.2, 0) is 21.7 Å². The summed E-state index contributed by atoms with van der Waals surface area (Å²) < 4.78 is 0. The van der Waals surface area contributed by atoms with Crippen molar-refractivity contribution in [2.75, 3.05) is 0 Å². The predicted octanol–water partition coefficient (Wildman–Crippen LogP) is 21.4. The third-order valence-corrected chi connectivity index (χ3v) is 23.4. The first-order valence-corrected chi connectivity index (χ1v) is 40.9. The van der Waals surface area contributed by atoms with Crippen LogP contribution in [0.5, 0.6) is 0 Å². The highest BCUT2D eigenvalue weighted by Gasteiger charge is 2.46. The van der Waals surface area contributed by atoms with E-state index in [-0.39, 0.29) is 69.0 Å². The second-order valence-corrected chi connectivity index (χ2v) is 44.0. The molecule has 0 fully saturated rings. The molecule has 5 heterocycles. The van der Waals surface area contributed by atoms with Crippen LogP contribution in [0.1, 0.15) is 237 Å². The first kappa shape index (κ1) is 58.0. The maximum Gasteiger partial charge on any atom is 0.129 e. The highest BCUT2D eigenvalue weighted by Crippen LogP contribution is 2.61. The summed E-state index contributed by atoms with van der Waals surface area (Å²) in [5, 5.41) is 0. The molecule has 0 spiro atoms. The van der Waals surface area contributed by atoms with Crippen molar-refractivity contribution in [2.24, 2.45) is 23.7 Å². The molecule has 2 N–H and O–H groups in total. The summed E-state index contributed by atoms with van der Waals surface area (Å²) >= 11 is 0. The van der Waals surface area contributed by atoms with Crippen molar-refractivity contribution in [3.05, 3.63) is 163 Å². The van der Waals surface area contributed by atoms with Crippen LogP contribution in [-0.4, -0.2) is 36.1 Å². The first-order chi connectivity index (χ1) is 41.4. The molecule has 2 aliphatic heterocycles. The van der Waals surface area contributed by atoms with E-state index in [0.29, 0.717) is 0 Å². The number of aromatic amines is 2. The number of rotatable bonds is 2. The van der Waals surface area contributed by atoms with Gasteiger partial charge in [0.15, 0.2) is 0 Å². The SMILES string of the molecule is CC(C)(C)c1cc(-c2c3nc(c(C#C[Si](C)(C)C)c4nc(c(-c5cc(C(C)(C)C)cc(C(C)(C)C)c5)c5[nH]c(c6c5C5C=CC6CC5)c(C#C[Si](C)(C)C)c5[nH]c2c2c5C5C=CC2CC5)C2=C4C4C=CC2CC4)C2=C3C3C=CC2CC3)cc(C(C)(C)C)c1. The van der Waals surface area contributed by atoms with E-state index < -0.39 is 16.1 Å². The lowest BCUT2D eigenvalue weighted by Crippen LogP contribution is -2.21. The lowest BCUT2D eigenvalue weighted by molar-refractivity contribution is 0.557. The Labute approximate surface area is 528 Å². The summed E-state index contributed by atoms with van der Waals surface area (Å²) in [6.07, 6.45) is 29.4. The Balaban J connectivity index is 1.27. The fourth-order valence-electron chi connectivity index (χ4n) is 16.9. The summed E-state index contributed by atoms with van der Waals surface area (Å²) in [6, 6.07) is 15.3. The molecule has 4 nitrogen and oxygen atoms in total. The predicted molar refractivity (Wildman–Crippen MR) is 379 cm³/mol. The van der Waals surface area contributed by atoms with Crippen molar-refractivity contribution < 1.29 is 0 Å². The molecule has 3 aromatic heterocycles. The van der Waals surface area contributed by atoms with Crippen molar-refractivity contribution >= 4 is 60.5 Å². The second-order valence-electron chi connectivity index (χ2n) is 34.5. The van der Waals surface area contributed by atoms with Crippen molar-refractivity contribution in [3.8, 4) is 45.2 Å². The van der Waals surface area contributed by atoms with Crippen LogP contribution in [0.4, 0.5) is 0 Å². The average Bonchev–Trinajstić information content (AvgIpc) is 1.60. The molecule has 16 bridgehead atoms. The normalized spacial score (nSPS) is 24.6. The molecule has 19 rings (SSSR count). The number of hydrogen-bond donors (Lipinski definition) is 2. The van der Waals surface area contributed by atoms with Crippen molar-refractivity contribution in [1.29, 1.82) is 0 Å². The van der Waals surface area contributed by atoms with Crippen LogP contribution in [0.2, 0.25) is 39.3 Å². The van der Waals surface area contributed by atoms with Gasteiger partial charge in [-0.2, -0.15) is 0 Å². The molecular formula is C82H94N4Si2. The van der Waals surface area contributed by atoms with Gasteiger partial charge in [-0.3, -0.25) is 0 Å². The van der Waals surface area contributed by atoms with Gasteiger partial charge in [-0.1, -0.05) is 219 Å². The van der Waals surface area contributed by atoms with Crippen LogP contribution in [0.3, 0.4) is 0 Å². The monoisotopic (exact) mass is 1190 g/mol. The summed E-state index contributed by atoms with van der Waals surface area (Å²) in [4.78, 5) is 22.1. The third kappa shape index (κ3) is 9.32. The van der Waals surface area contributed by atoms with E-state index in [1.54, 1.807) is 0 Å². The van der Waals surface area contributed by atoms with Gasteiger partial charge in [0.1, 0.15) is 16.1 Å². The van der Waals surface area contributed by atoms with E-state index in [0.717, 1.165) is 85.3 Å². The topological polar surface area (TPSA) is 57.4 Å². The van der Waals surface area contributed by atoms with Crippen molar-refractivity contribution in [2.45, 2.75) is 219 Å². The Morgan fingerprint density at radius 3 is 0.875 bits per heavy atom. The number of benzene rings is 2. The van der Waals surface area contributed by atoms with Crippen LogP contribution >= 0.6 is 0 Å². The first-order valence-electron chi connectivity index (χ1n) is 33.9. The second kappa shape index (κ2) is 19.5. The minimum Gasteiger partial charge on any atom is -0.353 e. The number of fused-ring (bicyclic) bond motifs is 12. The van der Waals surface area contributed by atoms with E-state index in [9.17, 15) is 0 Å².